The van der Waals surface area contributed by atoms with Crippen LogP contribution in [0, 0.1) is 11.8 Å². The van der Waals surface area contributed by atoms with Crippen molar-refractivity contribution in [3.8, 4) is 0 Å². The molecule has 4 nitrogen and oxygen atoms in total. The highest BCUT2D eigenvalue weighted by atomic mass is 35.5. The van der Waals surface area contributed by atoms with Gasteiger partial charge in [-0.1, -0.05) is 33.1 Å². The van der Waals surface area contributed by atoms with Gasteiger partial charge in [0.15, 0.2) is 0 Å². The van der Waals surface area contributed by atoms with Crippen LogP contribution in [0.2, 0.25) is 0 Å². The lowest BCUT2D eigenvalue weighted by Gasteiger charge is -2.23. The number of rotatable bonds is 8. The Balaban J connectivity index is 0.00000324. The van der Waals surface area contributed by atoms with Crippen molar-refractivity contribution in [1.29, 1.82) is 0 Å². The van der Waals surface area contributed by atoms with E-state index in [-0.39, 0.29) is 30.1 Å². The van der Waals surface area contributed by atoms with E-state index in [4.69, 9.17) is 5.73 Å². The highest BCUT2D eigenvalue weighted by Crippen LogP contribution is 2.27. The predicted molar refractivity (Wildman–Crippen MR) is 83.0 cm³/mol. The summed E-state index contributed by atoms with van der Waals surface area (Å²) in [5.74, 6) is 0.880. The van der Waals surface area contributed by atoms with Gasteiger partial charge in [0.1, 0.15) is 0 Å². The van der Waals surface area contributed by atoms with Gasteiger partial charge in [0.2, 0.25) is 10.0 Å². The molecular formula is C13H29ClN2O2S. The van der Waals surface area contributed by atoms with Gasteiger partial charge in [0.05, 0.1) is 5.75 Å². The van der Waals surface area contributed by atoms with Gasteiger partial charge in [0.25, 0.3) is 0 Å². The Morgan fingerprint density at radius 1 is 1.32 bits per heavy atom. The molecule has 1 aliphatic carbocycles. The van der Waals surface area contributed by atoms with Crippen LogP contribution in [-0.4, -0.2) is 26.8 Å². The summed E-state index contributed by atoms with van der Waals surface area (Å²) in [4.78, 5) is 0. The third-order valence-electron chi connectivity index (χ3n) is 3.84. The number of hydrogen-bond acceptors (Lipinski definition) is 3. The van der Waals surface area contributed by atoms with Crippen molar-refractivity contribution in [3.05, 3.63) is 0 Å². The third-order valence-corrected chi connectivity index (χ3v) is 5.51. The number of nitrogens with two attached hydrogens (primary N) is 1. The monoisotopic (exact) mass is 312 g/mol. The van der Waals surface area contributed by atoms with Crippen LogP contribution < -0.4 is 10.5 Å². The highest BCUT2D eigenvalue weighted by Gasteiger charge is 2.28. The molecule has 0 aromatic heterocycles. The quantitative estimate of drug-likeness (QED) is 0.722. The maximum Gasteiger partial charge on any atom is 0.212 e. The maximum absolute atomic E-state index is 12.1. The summed E-state index contributed by atoms with van der Waals surface area (Å²) in [5.41, 5.74) is 5.72. The Bertz CT molecular complexity index is 330. The van der Waals surface area contributed by atoms with Crippen LogP contribution in [0.25, 0.3) is 0 Å². The van der Waals surface area contributed by atoms with Crippen LogP contribution in [0.5, 0.6) is 0 Å². The molecule has 116 valence electrons. The lowest BCUT2D eigenvalue weighted by molar-refractivity contribution is 0.403. The lowest BCUT2D eigenvalue weighted by atomic mass is 9.99. The Morgan fingerprint density at radius 3 is 2.37 bits per heavy atom. The normalized spacial score (nSPS) is 19.9. The number of halogens is 1. The zero-order valence-corrected chi connectivity index (χ0v) is 13.7. The van der Waals surface area contributed by atoms with E-state index in [0.29, 0.717) is 12.5 Å². The van der Waals surface area contributed by atoms with Gasteiger partial charge < -0.3 is 5.73 Å². The zero-order valence-electron chi connectivity index (χ0n) is 12.1. The molecule has 0 aromatic rings. The van der Waals surface area contributed by atoms with Gasteiger partial charge in [-0.2, -0.15) is 0 Å². The molecule has 0 amide bonds. The van der Waals surface area contributed by atoms with Crippen LogP contribution in [-0.2, 0) is 10.0 Å². The largest absolute Gasteiger partial charge is 0.329 e. The first-order valence-corrected chi connectivity index (χ1v) is 8.83. The molecule has 3 N–H and O–H groups in total. The number of nitrogens with one attached hydrogen (secondary N) is 1. The van der Waals surface area contributed by atoms with Crippen molar-refractivity contribution < 1.29 is 8.42 Å². The molecule has 1 rings (SSSR count). The lowest BCUT2D eigenvalue weighted by Crippen LogP contribution is -2.46. The summed E-state index contributed by atoms with van der Waals surface area (Å²) in [6.07, 6.45) is 6.60. The molecule has 0 saturated heterocycles. The minimum absolute atomic E-state index is 0. The second kappa shape index (κ2) is 9.16. The van der Waals surface area contributed by atoms with Crippen LogP contribution in [0.3, 0.4) is 0 Å². The molecule has 2 unspecified atom stereocenters. The minimum Gasteiger partial charge on any atom is -0.329 e. The molecule has 6 heteroatoms. The molecule has 19 heavy (non-hydrogen) atoms. The average Bonchev–Trinajstić information content (AvgIpc) is 2.78. The van der Waals surface area contributed by atoms with E-state index in [0.717, 1.165) is 25.7 Å². The van der Waals surface area contributed by atoms with Gasteiger partial charge in [-0.3, -0.25) is 0 Å². The van der Waals surface area contributed by atoms with Gasteiger partial charge in [-0.25, -0.2) is 13.1 Å². The van der Waals surface area contributed by atoms with Crippen molar-refractivity contribution in [2.45, 2.75) is 58.4 Å². The first-order chi connectivity index (χ1) is 8.48. The van der Waals surface area contributed by atoms with E-state index >= 15 is 0 Å². The van der Waals surface area contributed by atoms with Gasteiger partial charge in [-0.05, 0) is 31.1 Å². The SMILES string of the molecule is CCCC(C)CS(=O)(=O)NC(CN)C1CCCC1.Cl. The second-order valence-corrected chi connectivity index (χ2v) is 7.48. The van der Waals surface area contributed by atoms with Crippen molar-refractivity contribution in [1.82, 2.24) is 4.72 Å². The summed E-state index contributed by atoms with van der Waals surface area (Å²) in [6, 6.07) is -0.0636. The molecule has 1 aliphatic rings. The standard InChI is InChI=1S/C13H28N2O2S.ClH/c1-3-6-11(2)10-18(16,17)15-13(9-14)12-7-4-5-8-12;/h11-13,15H,3-10,14H2,1-2H3;1H. The second-order valence-electron chi connectivity index (χ2n) is 5.68. The van der Waals surface area contributed by atoms with Crippen LogP contribution in [0.15, 0.2) is 0 Å². The average molecular weight is 313 g/mol. The molecule has 0 aliphatic heterocycles. The first-order valence-electron chi connectivity index (χ1n) is 7.18. The van der Waals surface area contributed by atoms with Crippen LogP contribution in [0.1, 0.15) is 52.4 Å². The van der Waals surface area contributed by atoms with E-state index in [9.17, 15) is 8.42 Å². The first kappa shape index (κ1) is 19.2. The fraction of sp³-hybridized carbons (Fsp3) is 1.00. The molecule has 2 atom stereocenters. The van der Waals surface area contributed by atoms with E-state index in [1.54, 1.807) is 0 Å². The van der Waals surface area contributed by atoms with Gasteiger partial charge in [-0.15, -0.1) is 12.4 Å². The fourth-order valence-corrected chi connectivity index (χ4v) is 4.69. The highest BCUT2D eigenvalue weighted by molar-refractivity contribution is 7.89. The molecule has 0 heterocycles. The maximum atomic E-state index is 12.1. The van der Waals surface area contributed by atoms with Crippen molar-refractivity contribution in [2.24, 2.45) is 17.6 Å². The van der Waals surface area contributed by atoms with Crippen molar-refractivity contribution in [2.75, 3.05) is 12.3 Å². The van der Waals surface area contributed by atoms with Crippen LogP contribution in [0.4, 0.5) is 0 Å². The number of hydrogen-bond donors (Lipinski definition) is 2. The van der Waals surface area contributed by atoms with E-state index in [1.807, 2.05) is 6.92 Å². The summed E-state index contributed by atoms with van der Waals surface area (Å²) in [5, 5.41) is 0. The topological polar surface area (TPSA) is 72.2 Å². The molecule has 1 fully saturated rings. The Labute approximate surface area is 124 Å². The molecule has 0 bridgehead atoms. The Hall–Kier alpha value is 0.160. The van der Waals surface area contributed by atoms with Crippen LogP contribution >= 0.6 is 12.4 Å². The van der Waals surface area contributed by atoms with Gasteiger partial charge in [0, 0.05) is 12.6 Å². The fourth-order valence-electron chi connectivity index (χ4n) is 2.93. The third kappa shape index (κ3) is 6.93. The predicted octanol–water partition coefficient (Wildman–Crippen LogP) is 2.28. The van der Waals surface area contributed by atoms with E-state index < -0.39 is 10.0 Å². The van der Waals surface area contributed by atoms with Crippen molar-refractivity contribution in [3.63, 3.8) is 0 Å². The summed E-state index contributed by atoms with van der Waals surface area (Å²) < 4.78 is 27.0. The molecule has 0 aromatic carbocycles. The molecule has 0 radical (unpaired) electrons. The number of sulfonamides is 1. The van der Waals surface area contributed by atoms with E-state index in [1.165, 1.54) is 12.8 Å². The summed E-state index contributed by atoms with van der Waals surface area (Å²) in [6.45, 7) is 4.49. The van der Waals surface area contributed by atoms with E-state index in [2.05, 4.69) is 11.6 Å². The molecule has 0 spiro atoms. The molecular weight excluding hydrogens is 284 g/mol. The van der Waals surface area contributed by atoms with Gasteiger partial charge >= 0.3 is 0 Å². The summed E-state index contributed by atoms with van der Waals surface area (Å²) in [7, 11) is -3.18. The van der Waals surface area contributed by atoms with Crippen molar-refractivity contribution >= 4 is 22.4 Å². The zero-order chi connectivity index (χ0) is 13.6. The minimum atomic E-state index is -3.18. The Kier molecular flexibility index (Phi) is 9.24. The Morgan fingerprint density at radius 2 is 1.89 bits per heavy atom. The smallest absolute Gasteiger partial charge is 0.212 e. The summed E-state index contributed by atoms with van der Waals surface area (Å²) >= 11 is 0. The molecule has 1 saturated carbocycles.